The number of benzene rings is 1. The van der Waals surface area contributed by atoms with Crippen molar-refractivity contribution in [3.05, 3.63) is 36.1 Å². The highest BCUT2D eigenvalue weighted by Crippen LogP contribution is 1.91. The maximum atomic E-state index is 11.9. The van der Waals surface area contributed by atoms with Gasteiger partial charge in [-0.25, -0.2) is 4.39 Å². The molecule has 0 atom stereocenters. The first-order valence-corrected chi connectivity index (χ1v) is 3.03. The van der Waals surface area contributed by atoms with Gasteiger partial charge in [0.1, 0.15) is 5.82 Å². The number of rotatable bonds is 0. The van der Waals surface area contributed by atoms with Crippen molar-refractivity contribution in [1.29, 1.82) is 0 Å². The third kappa shape index (κ3) is 11.4. The Labute approximate surface area is 69.8 Å². The van der Waals surface area contributed by atoms with Crippen LogP contribution in [-0.4, -0.2) is 16.6 Å². The molecular formula is C8H11FO3. The SMILES string of the molecule is CC(=O)O.Fc1ccccc1.O. The second-order valence-corrected chi connectivity index (χ2v) is 1.81. The van der Waals surface area contributed by atoms with Crippen LogP contribution in [0.1, 0.15) is 6.92 Å². The Bertz CT molecular complexity index is 207. The topological polar surface area (TPSA) is 68.8 Å². The summed E-state index contributed by atoms with van der Waals surface area (Å²) in [5.74, 6) is -1.01. The van der Waals surface area contributed by atoms with Crippen LogP contribution in [0.3, 0.4) is 0 Å². The minimum atomic E-state index is -0.833. The van der Waals surface area contributed by atoms with Crippen molar-refractivity contribution in [2.45, 2.75) is 6.92 Å². The predicted molar refractivity (Wildman–Crippen MR) is 43.3 cm³/mol. The normalized spacial score (nSPS) is 7.17. The summed E-state index contributed by atoms with van der Waals surface area (Å²) in [6.45, 7) is 1.08. The fourth-order valence-corrected chi connectivity index (χ4v) is 0.415. The number of halogens is 1. The van der Waals surface area contributed by atoms with Gasteiger partial charge in [-0.1, -0.05) is 18.2 Å². The predicted octanol–water partition coefficient (Wildman–Crippen LogP) is 1.09. The lowest BCUT2D eigenvalue weighted by atomic mass is 10.4. The van der Waals surface area contributed by atoms with Crippen molar-refractivity contribution >= 4 is 5.97 Å². The van der Waals surface area contributed by atoms with Crippen LogP contribution in [0.5, 0.6) is 0 Å². The van der Waals surface area contributed by atoms with Gasteiger partial charge in [0, 0.05) is 6.92 Å². The summed E-state index contributed by atoms with van der Waals surface area (Å²) in [6.07, 6.45) is 0. The average molecular weight is 174 g/mol. The van der Waals surface area contributed by atoms with E-state index in [0.29, 0.717) is 0 Å². The van der Waals surface area contributed by atoms with Crippen LogP contribution in [0.2, 0.25) is 0 Å². The van der Waals surface area contributed by atoms with Crippen LogP contribution in [0.15, 0.2) is 30.3 Å². The van der Waals surface area contributed by atoms with Crippen LogP contribution in [-0.2, 0) is 4.79 Å². The molecule has 1 rings (SSSR count). The van der Waals surface area contributed by atoms with Crippen molar-refractivity contribution in [3.8, 4) is 0 Å². The molecule has 0 bridgehead atoms. The molecule has 1 aromatic rings. The maximum Gasteiger partial charge on any atom is 0.300 e. The second kappa shape index (κ2) is 7.68. The third-order valence-corrected chi connectivity index (χ3v) is 0.733. The summed E-state index contributed by atoms with van der Waals surface area (Å²) in [7, 11) is 0. The quantitative estimate of drug-likeness (QED) is 0.639. The zero-order valence-corrected chi connectivity index (χ0v) is 6.62. The molecule has 0 aromatic heterocycles. The number of carbonyl (C=O) groups is 1. The molecule has 3 nitrogen and oxygen atoms in total. The van der Waals surface area contributed by atoms with E-state index >= 15 is 0 Å². The largest absolute Gasteiger partial charge is 0.481 e. The fraction of sp³-hybridized carbons (Fsp3) is 0.125. The maximum absolute atomic E-state index is 11.9. The van der Waals surface area contributed by atoms with Crippen LogP contribution in [0, 0.1) is 5.82 Å². The summed E-state index contributed by atoms with van der Waals surface area (Å²) >= 11 is 0. The first-order valence-electron chi connectivity index (χ1n) is 3.03. The molecule has 0 amide bonds. The van der Waals surface area contributed by atoms with Gasteiger partial charge in [0.05, 0.1) is 0 Å². The Kier molecular flexibility index (Phi) is 8.45. The number of carboxylic acid groups (broad SMARTS) is 1. The highest BCUT2D eigenvalue weighted by Gasteiger charge is 1.77. The average Bonchev–Trinajstić information content (AvgIpc) is 1.87. The summed E-state index contributed by atoms with van der Waals surface area (Å²) < 4.78 is 11.9. The molecule has 0 spiro atoms. The van der Waals surface area contributed by atoms with Gasteiger partial charge in [0.15, 0.2) is 0 Å². The van der Waals surface area contributed by atoms with E-state index in [9.17, 15) is 4.39 Å². The van der Waals surface area contributed by atoms with Gasteiger partial charge in [-0.15, -0.1) is 0 Å². The zero-order chi connectivity index (χ0) is 8.69. The van der Waals surface area contributed by atoms with E-state index in [2.05, 4.69) is 0 Å². The van der Waals surface area contributed by atoms with Crippen molar-refractivity contribution in [1.82, 2.24) is 0 Å². The van der Waals surface area contributed by atoms with Gasteiger partial charge < -0.3 is 10.6 Å². The van der Waals surface area contributed by atoms with E-state index in [1.807, 2.05) is 0 Å². The highest BCUT2D eigenvalue weighted by atomic mass is 19.1. The van der Waals surface area contributed by atoms with E-state index in [-0.39, 0.29) is 11.3 Å². The van der Waals surface area contributed by atoms with Crippen LogP contribution in [0.25, 0.3) is 0 Å². The minimum Gasteiger partial charge on any atom is -0.481 e. The Balaban J connectivity index is 0. The third-order valence-electron chi connectivity index (χ3n) is 0.733. The molecule has 0 aliphatic carbocycles. The Morgan fingerprint density at radius 1 is 1.33 bits per heavy atom. The van der Waals surface area contributed by atoms with Crippen molar-refractivity contribution in [2.24, 2.45) is 0 Å². The van der Waals surface area contributed by atoms with Gasteiger partial charge in [-0.05, 0) is 12.1 Å². The zero-order valence-electron chi connectivity index (χ0n) is 6.62. The van der Waals surface area contributed by atoms with Gasteiger partial charge in [-0.2, -0.15) is 0 Å². The van der Waals surface area contributed by atoms with Gasteiger partial charge in [0.25, 0.3) is 5.97 Å². The molecule has 0 aliphatic heterocycles. The molecule has 68 valence electrons. The standard InChI is InChI=1S/C6H5F.C2H4O2.H2O/c7-6-4-2-1-3-5-6;1-2(3)4;/h1-5H;1H3,(H,3,4);1H2. The number of aliphatic carboxylic acids is 1. The smallest absolute Gasteiger partial charge is 0.300 e. The molecule has 12 heavy (non-hydrogen) atoms. The molecule has 0 heterocycles. The van der Waals surface area contributed by atoms with E-state index in [0.717, 1.165) is 6.92 Å². The summed E-state index contributed by atoms with van der Waals surface area (Å²) in [5.41, 5.74) is 0. The van der Waals surface area contributed by atoms with Gasteiger partial charge in [-0.3, -0.25) is 4.79 Å². The van der Waals surface area contributed by atoms with E-state index in [4.69, 9.17) is 9.90 Å². The van der Waals surface area contributed by atoms with Gasteiger partial charge >= 0.3 is 0 Å². The molecule has 0 saturated carbocycles. The molecular weight excluding hydrogens is 163 g/mol. The first-order chi connectivity index (χ1) is 5.13. The molecule has 0 aliphatic rings. The Morgan fingerprint density at radius 3 is 1.83 bits per heavy atom. The monoisotopic (exact) mass is 174 g/mol. The number of hydrogen-bond donors (Lipinski definition) is 1. The van der Waals surface area contributed by atoms with E-state index in [1.165, 1.54) is 12.1 Å². The van der Waals surface area contributed by atoms with Crippen LogP contribution >= 0.6 is 0 Å². The molecule has 0 fully saturated rings. The lowest BCUT2D eigenvalue weighted by Gasteiger charge is -1.78. The molecule has 3 N–H and O–H groups in total. The molecule has 0 radical (unpaired) electrons. The minimum absolute atomic E-state index is 0. The van der Waals surface area contributed by atoms with Crippen molar-refractivity contribution in [3.63, 3.8) is 0 Å². The Morgan fingerprint density at radius 2 is 1.67 bits per heavy atom. The first kappa shape index (κ1) is 13.2. The fourth-order valence-electron chi connectivity index (χ4n) is 0.415. The summed E-state index contributed by atoms with van der Waals surface area (Å²) in [4.78, 5) is 9.00. The molecule has 0 unspecified atom stereocenters. The van der Waals surface area contributed by atoms with E-state index < -0.39 is 5.97 Å². The number of carboxylic acids is 1. The Hall–Kier alpha value is -1.42. The molecule has 4 heteroatoms. The van der Waals surface area contributed by atoms with Crippen molar-refractivity contribution in [2.75, 3.05) is 0 Å². The second-order valence-electron chi connectivity index (χ2n) is 1.81. The molecule has 1 aromatic carbocycles. The van der Waals surface area contributed by atoms with Crippen LogP contribution < -0.4 is 0 Å². The highest BCUT2D eigenvalue weighted by molar-refractivity contribution is 5.62. The lowest BCUT2D eigenvalue weighted by molar-refractivity contribution is -0.134. The van der Waals surface area contributed by atoms with Gasteiger partial charge in [0.2, 0.25) is 0 Å². The van der Waals surface area contributed by atoms with Crippen LogP contribution in [0.4, 0.5) is 4.39 Å². The number of hydrogen-bond acceptors (Lipinski definition) is 1. The lowest BCUT2D eigenvalue weighted by Crippen LogP contribution is -1.78. The summed E-state index contributed by atoms with van der Waals surface area (Å²) in [6, 6.07) is 7.94. The van der Waals surface area contributed by atoms with E-state index in [1.54, 1.807) is 18.2 Å². The van der Waals surface area contributed by atoms with Crippen molar-refractivity contribution < 1.29 is 19.8 Å². The molecule has 0 saturated heterocycles. The summed E-state index contributed by atoms with van der Waals surface area (Å²) in [5, 5.41) is 7.42.